The minimum absolute atomic E-state index is 0.0805. The highest BCUT2D eigenvalue weighted by molar-refractivity contribution is 9.10. The molecule has 0 aliphatic heterocycles. The van der Waals surface area contributed by atoms with Crippen LogP contribution in [0.2, 0.25) is 0 Å². The van der Waals surface area contributed by atoms with E-state index in [0.717, 1.165) is 15.6 Å². The van der Waals surface area contributed by atoms with Crippen molar-refractivity contribution in [1.82, 2.24) is 20.6 Å². The van der Waals surface area contributed by atoms with Crippen LogP contribution in [0.15, 0.2) is 53.1 Å². The van der Waals surface area contributed by atoms with Gasteiger partial charge in [-0.05, 0) is 29.8 Å². The van der Waals surface area contributed by atoms with E-state index < -0.39 is 0 Å². The van der Waals surface area contributed by atoms with E-state index in [1.165, 1.54) is 19.3 Å². The molecule has 0 saturated carbocycles. The van der Waals surface area contributed by atoms with E-state index in [1.54, 1.807) is 12.1 Å². The number of hydrogen-bond acceptors (Lipinski definition) is 5. The van der Waals surface area contributed by atoms with Gasteiger partial charge in [-0.2, -0.15) is 0 Å². The number of carbonyl (C=O) groups excluding carboxylic acids is 1. The van der Waals surface area contributed by atoms with E-state index in [2.05, 4.69) is 36.5 Å². The summed E-state index contributed by atoms with van der Waals surface area (Å²) in [5, 5.41) is 5.73. The van der Waals surface area contributed by atoms with Crippen molar-refractivity contribution in [2.24, 2.45) is 0 Å². The van der Waals surface area contributed by atoms with E-state index in [1.807, 2.05) is 24.3 Å². The lowest BCUT2D eigenvalue weighted by atomic mass is 10.1. The van der Waals surface area contributed by atoms with E-state index in [-0.39, 0.29) is 23.2 Å². The Bertz CT molecular complexity index is 1010. The van der Waals surface area contributed by atoms with Gasteiger partial charge in [-0.3, -0.25) is 4.79 Å². The second-order valence-electron chi connectivity index (χ2n) is 6.11. The number of nitrogens with two attached hydrogens (primary N) is 1. The predicted octanol–water partition coefficient (Wildman–Crippen LogP) is 3.28. The van der Waals surface area contributed by atoms with Gasteiger partial charge >= 0.3 is 0 Å². The fraction of sp³-hybridized carbons (Fsp3) is 0.150. The average molecular weight is 444 g/mol. The molecule has 0 atom stereocenters. The van der Waals surface area contributed by atoms with Crippen LogP contribution >= 0.6 is 15.9 Å². The van der Waals surface area contributed by atoms with E-state index in [0.29, 0.717) is 24.3 Å². The number of halogens is 2. The van der Waals surface area contributed by atoms with Crippen LogP contribution < -0.4 is 16.4 Å². The molecule has 2 aromatic carbocycles. The van der Waals surface area contributed by atoms with Crippen molar-refractivity contribution in [2.75, 3.05) is 12.8 Å². The van der Waals surface area contributed by atoms with Crippen molar-refractivity contribution in [2.45, 2.75) is 13.1 Å². The molecule has 0 spiro atoms. The number of carbonyl (C=O) groups is 1. The van der Waals surface area contributed by atoms with Crippen LogP contribution in [0.5, 0.6) is 0 Å². The molecule has 6 nitrogen and oxygen atoms in total. The summed E-state index contributed by atoms with van der Waals surface area (Å²) in [5.74, 6) is -0.555. The standard InChI is InChI=1S/C20H19BrFN5O/c1-24-20(28)18-19(23)26-11-17(27-18)13-4-2-3-12(7-13)9-25-10-14-8-15(21)5-6-16(14)22/h2-8,11,25H,9-10H2,1H3,(H2,23,26)(H,24,28). The third kappa shape index (κ3) is 4.71. The van der Waals surface area contributed by atoms with Gasteiger partial charge in [0.15, 0.2) is 11.5 Å². The number of amides is 1. The largest absolute Gasteiger partial charge is 0.382 e. The first kappa shape index (κ1) is 19.9. The first-order chi connectivity index (χ1) is 13.5. The zero-order valence-electron chi connectivity index (χ0n) is 15.2. The quantitative estimate of drug-likeness (QED) is 0.543. The summed E-state index contributed by atoms with van der Waals surface area (Å²) in [6, 6.07) is 12.5. The summed E-state index contributed by atoms with van der Waals surface area (Å²) in [7, 11) is 1.51. The zero-order chi connectivity index (χ0) is 20.1. The van der Waals surface area contributed by atoms with Gasteiger partial charge in [0.05, 0.1) is 11.9 Å². The lowest BCUT2D eigenvalue weighted by Gasteiger charge is -2.09. The van der Waals surface area contributed by atoms with Crippen molar-refractivity contribution in [3.05, 3.63) is 75.8 Å². The Hall–Kier alpha value is -2.84. The zero-order valence-corrected chi connectivity index (χ0v) is 16.8. The molecule has 1 amide bonds. The molecule has 0 aliphatic rings. The molecule has 8 heteroatoms. The van der Waals surface area contributed by atoms with E-state index in [9.17, 15) is 9.18 Å². The van der Waals surface area contributed by atoms with Crippen LogP contribution in [-0.2, 0) is 13.1 Å². The van der Waals surface area contributed by atoms with Crippen molar-refractivity contribution < 1.29 is 9.18 Å². The number of rotatable bonds is 6. The third-order valence-electron chi connectivity index (χ3n) is 4.12. The van der Waals surface area contributed by atoms with Crippen LogP contribution in [-0.4, -0.2) is 22.9 Å². The molecular weight excluding hydrogens is 425 g/mol. The number of nitrogen functional groups attached to an aromatic ring is 1. The molecule has 0 saturated heterocycles. The van der Waals surface area contributed by atoms with Gasteiger partial charge in [0, 0.05) is 35.7 Å². The third-order valence-corrected chi connectivity index (χ3v) is 4.61. The highest BCUT2D eigenvalue weighted by Gasteiger charge is 2.13. The Morgan fingerprint density at radius 2 is 2.04 bits per heavy atom. The van der Waals surface area contributed by atoms with Crippen LogP contribution in [0.4, 0.5) is 10.2 Å². The normalized spacial score (nSPS) is 10.7. The number of nitrogens with zero attached hydrogens (tertiary/aromatic N) is 2. The summed E-state index contributed by atoms with van der Waals surface area (Å²) in [6.07, 6.45) is 1.53. The fourth-order valence-corrected chi connectivity index (χ4v) is 3.09. The van der Waals surface area contributed by atoms with E-state index in [4.69, 9.17) is 5.73 Å². The molecule has 144 valence electrons. The predicted molar refractivity (Wildman–Crippen MR) is 110 cm³/mol. The van der Waals surface area contributed by atoms with Gasteiger partial charge in [-0.15, -0.1) is 0 Å². The highest BCUT2D eigenvalue weighted by Crippen LogP contribution is 2.20. The Morgan fingerprint density at radius 1 is 1.21 bits per heavy atom. The highest BCUT2D eigenvalue weighted by atomic mass is 79.9. The Balaban J connectivity index is 1.74. The van der Waals surface area contributed by atoms with Crippen molar-refractivity contribution >= 4 is 27.7 Å². The molecular formula is C20H19BrFN5O. The van der Waals surface area contributed by atoms with Crippen LogP contribution in [0.3, 0.4) is 0 Å². The molecule has 3 aromatic rings. The number of benzene rings is 2. The maximum absolute atomic E-state index is 13.8. The van der Waals surface area contributed by atoms with Crippen molar-refractivity contribution in [3.8, 4) is 11.3 Å². The number of aromatic nitrogens is 2. The second kappa shape index (κ2) is 8.90. The van der Waals surface area contributed by atoms with Gasteiger partial charge in [0.2, 0.25) is 0 Å². The SMILES string of the molecule is CNC(=O)c1nc(-c2cccc(CNCc3cc(Br)ccc3F)c2)cnc1N. The maximum atomic E-state index is 13.8. The minimum atomic E-state index is -0.388. The maximum Gasteiger partial charge on any atom is 0.273 e. The number of hydrogen-bond donors (Lipinski definition) is 3. The summed E-state index contributed by atoms with van der Waals surface area (Å²) in [4.78, 5) is 20.3. The molecule has 28 heavy (non-hydrogen) atoms. The summed E-state index contributed by atoms with van der Waals surface area (Å²) in [6.45, 7) is 0.947. The summed E-state index contributed by atoms with van der Waals surface area (Å²) in [5.41, 5.74) is 8.77. The number of anilines is 1. The molecule has 1 aromatic heterocycles. The van der Waals surface area contributed by atoms with Crippen LogP contribution in [0.1, 0.15) is 21.6 Å². The molecule has 0 bridgehead atoms. The lowest BCUT2D eigenvalue weighted by molar-refractivity contribution is 0.0959. The first-order valence-corrected chi connectivity index (χ1v) is 9.36. The van der Waals surface area contributed by atoms with Gasteiger partial charge < -0.3 is 16.4 Å². The monoisotopic (exact) mass is 443 g/mol. The molecule has 0 unspecified atom stereocenters. The molecule has 0 aliphatic carbocycles. The first-order valence-electron chi connectivity index (χ1n) is 8.56. The Kier molecular flexibility index (Phi) is 6.33. The van der Waals surface area contributed by atoms with Gasteiger partial charge in [0.25, 0.3) is 5.91 Å². The van der Waals surface area contributed by atoms with Gasteiger partial charge in [0.1, 0.15) is 5.82 Å². The Labute approximate surface area is 170 Å². The van der Waals surface area contributed by atoms with Crippen LogP contribution in [0.25, 0.3) is 11.3 Å². The Morgan fingerprint density at radius 3 is 2.82 bits per heavy atom. The van der Waals surface area contributed by atoms with Crippen molar-refractivity contribution in [3.63, 3.8) is 0 Å². The summed E-state index contributed by atoms with van der Waals surface area (Å²) < 4.78 is 14.7. The molecule has 0 radical (unpaired) electrons. The molecule has 0 fully saturated rings. The smallest absolute Gasteiger partial charge is 0.273 e. The second-order valence-corrected chi connectivity index (χ2v) is 7.02. The number of nitrogens with one attached hydrogen (secondary N) is 2. The molecule has 4 N–H and O–H groups in total. The van der Waals surface area contributed by atoms with Crippen LogP contribution in [0, 0.1) is 5.82 Å². The van der Waals surface area contributed by atoms with Gasteiger partial charge in [-0.1, -0.05) is 34.1 Å². The average Bonchev–Trinajstić information content (AvgIpc) is 2.70. The molecule has 3 rings (SSSR count). The van der Waals surface area contributed by atoms with Gasteiger partial charge in [-0.25, -0.2) is 14.4 Å². The van der Waals surface area contributed by atoms with E-state index >= 15 is 0 Å². The summed E-state index contributed by atoms with van der Waals surface area (Å²) >= 11 is 3.35. The fourth-order valence-electron chi connectivity index (χ4n) is 2.68. The lowest BCUT2D eigenvalue weighted by Crippen LogP contribution is -2.21. The molecule has 1 heterocycles. The minimum Gasteiger partial charge on any atom is -0.382 e. The van der Waals surface area contributed by atoms with Crippen molar-refractivity contribution in [1.29, 1.82) is 0 Å². The topological polar surface area (TPSA) is 92.9 Å².